The average Bonchev–Trinajstić information content (AvgIpc) is 2.15. The van der Waals surface area contributed by atoms with Crippen molar-refractivity contribution in [3.8, 4) is 5.95 Å². The van der Waals surface area contributed by atoms with Crippen LogP contribution in [0.1, 0.15) is 5.69 Å². The van der Waals surface area contributed by atoms with Crippen molar-refractivity contribution in [2.24, 2.45) is 0 Å². The van der Waals surface area contributed by atoms with Crippen LogP contribution in [0.2, 0.25) is 0 Å². The molecule has 0 spiro atoms. The minimum Gasteiger partial charge on any atom is -0.463 e. The number of aromatic nitrogens is 1. The van der Waals surface area contributed by atoms with E-state index in [0.29, 0.717) is 5.95 Å². The molecule has 0 saturated carbocycles. The topological polar surface area (TPSA) is 35.3 Å². The first kappa shape index (κ1) is 3.95. The number of hydrogen-bond donors (Lipinski definition) is 0. The summed E-state index contributed by atoms with van der Waals surface area (Å²) in [6, 6.07) is 0. The van der Waals surface area contributed by atoms with E-state index in [-0.39, 0.29) is 0 Å². The van der Waals surface area contributed by atoms with E-state index in [4.69, 9.17) is 9.15 Å². The first-order chi connectivity index (χ1) is 3.97. The SMILES string of the molecule is c1nc2c(o1)OCC2. The van der Waals surface area contributed by atoms with Crippen LogP contribution < -0.4 is 4.74 Å². The first-order valence-electron chi connectivity index (χ1n) is 2.52. The second kappa shape index (κ2) is 1.24. The Morgan fingerprint density at radius 1 is 1.62 bits per heavy atom. The van der Waals surface area contributed by atoms with Gasteiger partial charge in [-0.2, -0.15) is 0 Å². The molecule has 3 nitrogen and oxygen atoms in total. The number of nitrogens with zero attached hydrogens (tertiary/aromatic N) is 1. The minimum absolute atomic E-state index is 0.602. The van der Waals surface area contributed by atoms with E-state index in [9.17, 15) is 0 Å². The van der Waals surface area contributed by atoms with Crippen LogP contribution in [0.4, 0.5) is 0 Å². The zero-order valence-corrected chi connectivity index (χ0v) is 4.26. The van der Waals surface area contributed by atoms with Crippen molar-refractivity contribution < 1.29 is 9.15 Å². The molecule has 0 bridgehead atoms. The Morgan fingerprint density at radius 2 is 2.62 bits per heavy atom. The third-order valence-corrected chi connectivity index (χ3v) is 1.18. The van der Waals surface area contributed by atoms with Gasteiger partial charge in [0.25, 0.3) is 0 Å². The number of hydrogen-bond acceptors (Lipinski definition) is 3. The fraction of sp³-hybridized carbons (Fsp3) is 0.400. The lowest BCUT2D eigenvalue weighted by molar-refractivity contribution is 0.272. The molecule has 42 valence electrons. The highest BCUT2D eigenvalue weighted by molar-refractivity contribution is 5.17. The molecule has 2 heterocycles. The van der Waals surface area contributed by atoms with Crippen LogP contribution in [-0.4, -0.2) is 11.6 Å². The van der Waals surface area contributed by atoms with Crippen LogP contribution in [-0.2, 0) is 6.42 Å². The molecule has 0 N–H and O–H groups in total. The van der Waals surface area contributed by atoms with Gasteiger partial charge in [-0.25, -0.2) is 4.98 Å². The Hall–Kier alpha value is -0.990. The van der Waals surface area contributed by atoms with Crippen LogP contribution in [0.25, 0.3) is 0 Å². The maximum absolute atomic E-state index is 5.01. The molecule has 3 heteroatoms. The molecule has 1 aliphatic rings. The Bertz CT molecular complexity index is 176. The normalized spacial score (nSPS) is 15.5. The van der Waals surface area contributed by atoms with Gasteiger partial charge in [-0.3, -0.25) is 0 Å². The van der Waals surface area contributed by atoms with Crippen LogP contribution in [0, 0.1) is 0 Å². The predicted octanol–water partition coefficient (Wildman–Crippen LogP) is 0.609. The fourth-order valence-electron chi connectivity index (χ4n) is 0.783. The summed E-state index contributed by atoms with van der Waals surface area (Å²) in [5.74, 6) is 0.602. The molecule has 2 rings (SSSR count). The summed E-state index contributed by atoms with van der Waals surface area (Å²) in [6.45, 7) is 0.724. The maximum Gasteiger partial charge on any atom is 0.308 e. The molecule has 0 fully saturated rings. The van der Waals surface area contributed by atoms with E-state index >= 15 is 0 Å². The Labute approximate surface area is 46.3 Å². The molecule has 0 radical (unpaired) electrons. The summed E-state index contributed by atoms with van der Waals surface area (Å²) >= 11 is 0. The summed E-state index contributed by atoms with van der Waals surface area (Å²) in [5, 5.41) is 0. The third kappa shape index (κ3) is 0.358. The molecule has 0 atom stereocenters. The Balaban J connectivity index is 2.54. The summed E-state index contributed by atoms with van der Waals surface area (Å²) in [5.41, 5.74) is 0.949. The number of ether oxygens (including phenoxy) is 1. The van der Waals surface area contributed by atoms with E-state index in [1.165, 1.54) is 6.39 Å². The van der Waals surface area contributed by atoms with E-state index < -0.39 is 0 Å². The molecular formula is C5H5NO2. The average molecular weight is 111 g/mol. The highest BCUT2D eigenvalue weighted by Gasteiger charge is 2.15. The Morgan fingerprint density at radius 3 is 3.50 bits per heavy atom. The van der Waals surface area contributed by atoms with Gasteiger partial charge in [-0.05, 0) is 0 Å². The number of fused-ring (bicyclic) bond motifs is 1. The molecule has 0 aliphatic carbocycles. The lowest BCUT2D eigenvalue weighted by atomic mass is 10.4. The van der Waals surface area contributed by atoms with Crippen molar-refractivity contribution in [3.63, 3.8) is 0 Å². The molecular weight excluding hydrogens is 106 g/mol. The van der Waals surface area contributed by atoms with E-state index in [1.807, 2.05) is 0 Å². The quantitative estimate of drug-likeness (QED) is 0.492. The zero-order chi connectivity index (χ0) is 5.40. The largest absolute Gasteiger partial charge is 0.463 e. The summed E-state index contributed by atoms with van der Waals surface area (Å²) in [6.07, 6.45) is 2.30. The summed E-state index contributed by atoms with van der Waals surface area (Å²) in [7, 11) is 0. The summed E-state index contributed by atoms with van der Waals surface area (Å²) in [4.78, 5) is 3.91. The predicted molar refractivity (Wildman–Crippen MR) is 25.7 cm³/mol. The number of rotatable bonds is 0. The van der Waals surface area contributed by atoms with Crippen LogP contribution in [0.15, 0.2) is 10.8 Å². The standard InChI is InChI=1S/C5H5NO2/c1-2-7-5-4(1)6-3-8-5/h3H,1-2H2. The van der Waals surface area contributed by atoms with Crippen molar-refractivity contribution in [1.82, 2.24) is 4.98 Å². The van der Waals surface area contributed by atoms with Gasteiger partial charge in [0.1, 0.15) is 5.69 Å². The molecule has 1 aromatic heterocycles. The lowest BCUT2D eigenvalue weighted by Gasteiger charge is -1.85. The second-order valence-electron chi connectivity index (χ2n) is 1.68. The van der Waals surface area contributed by atoms with Crippen molar-refractivity contribution in [2.75, 3.05) is 6.61 Å². The molecule has 1 aromatic rings. The second-order valence-corrected chi connectivity index (χ2v) is 1.68. The molecule has 8 heavy (non-hydrogen) atoms. The van der Waals surface area contributed by atoms with Gasteiger partial charge in [0.05, 0.1) is 6.61 Å². The highest BCUT2D eigenvalue weighted by atomic mass is 16.6. The highest BCUT2D eigenvalue weighted by Crippen LogP contribution is 2.21. The fourth-order valence-corrected chi connectivity index (χ4v) is 0.783. The summed E-state index contributed by atoms with van der Waals surface area (Å²) < 4.78 is 9.85. The van der Waals surface area contributed by atoms with E-state index in [1.54, 1.807) is 0 Å². The Kier molecular flexibility index (Phi) is 0.614. The molecule has 0 amide bonds. The van der Waals surface area contributed by atoms with E-state index in [0.717, 1.165) is 18.7 Å². The monoisotopic (exact) mass is 111 g/mol. The molecule has 1 aliphatic heterocycles. The van der Waals surface area contributed by atoms with Gasteiger partial charge >= 0.3 is 5.95 Å². The minimum atomic E-state index is 0.602. The maximum atomic E-state index is 5.01. The van der Waals surface area contributed by atoms with Gasteiger partial charge in [0.2, 0.25) is 0 Å². The third-order valence-electron chi connectivity index (χ3n) is 1.18. The van der Waals surface area contributed by atoms with Gasteiger partial charge < -0.3 is 9.15 Å². The van der Waals surface area contributed by atoms with Gasteiger partial charge in [-0.15, -0.1) is 0 Å². The van der Waals surface area contributed by atoms with Crippen molar-refractivity contribution in [2.45, 2.75) is 6.42 Å². The van der Waals surface area contributed by atoms with Crippen molar-refractivity contribution in [3.05, 3.63) is 12.1 Å². The van der Waals surface area contributed by atoms with Crippen molar-refractivity contribution in [1.29, 1.82) is 0 Å². The molecule has 0 aromatic carbocycles. The lowest BCUT2D eigenvalue weighted by Crippen LogP contribution is -1.87. The first-order valence-corrected chi connectivity index (χ1v) is 2.52. The molecule has 0 unspecified atom stereocenters. The van der Waals surface area contributed by atoms with Crippen LogP contribution >= 0.6 is 0 Å². The van der Waals surface area contributed by atoms with Crippen LogP contribution in [0.5, 0.6) is 5.95 Å². The van der Waals surface area contributed by atoms with Gasteiger partial charge in [-0.1, -0.05) is 0 Å². The smallest absolute Gasteiger partial charge is 0.308 e. The van der Waals surface area contributed by atoms with E-state index in [2.05, 4.69) is 4.98 Å². The van der Waals surface area contributed by atoms with Gasteiger partial charge in [0, 0.05) is 6.42 Å². The molecule has 0 saturated heterocycles. The number of oxazole rings is 1. The van der Waals surface area contributed by atoms with Crippen molar-refractivity contribution >= 4 is 0 Å². The van der Waals surface area contributed by atoms with Gasteiger partial charge in [0.15, 0.2) is 6.39 Å². The van der Waals surface area contributed by atoms with Crippen LogP contribution in [0.3, 0.4) is 0 Å². The zero-order valence-electron chi connectivity index (χ0n) is 4.26.